The number of hydrogen-bond donors (Lipinski definition) is 2. The minimum atomic E-state index is -0.351. The first-order valence-electron chi connectivity index (χ1n) is 6.83. The number of benzene rings is 1. The molecule has 6 heteroatoms. The van der Waals surface area contributed by atoms with Crippen LogP contribution in [-0.2, 0) is 27.4 Å². The van der Waals surface area contributed by atoms with Crippen molar-refractivity contribution in [3.8, 4) is 0 Å². The van der Waals surface area contributed by atoms with E-state index in [1.807, 2.05) is 35.0 Å². The maximum atomic E-state index is 11.1. The summed E-state index contributed by atoms with van der Waals surface area (Å²) in [6.07, 6.45) is 2.11. The number of amides is 1. The van der Waals surface area contributed by atoms with Crippen molar-refractivity contribution in [3.05, 3.63) is 36.0 Å². The summed E-state index contributed by atoms with van der Waals surface area (Å²) in [6.45, 7) is 1.59. The number of nitrogens with zero attached hydrogens (tertiary/aromatic N) is 1. The topological polar surface area (TPSA) is 86.7 Å². The number of hydrogen-bond acceptors (Lipinski definition) is 4. The predicted molar refractivity (Wildman–Crippen MR) is 78.7 cm³/mol. The Balaban J connectivity index is 2.00. The largest absolute Gasteiger partial charge is 0.394 e. The van der Waals surface area contributed by atoms with E-state index >= 15 is 0 Å². The van der Waals surface area contributed by atoms with Crippen molar-refractivity contribution in [2.24, 2.45) is 5.73 Å². The number of aliphatic hydroxyl groups is 1. The molecule has 6 nitrogen and oxygen atoms in total. The SMILES string of the molecule is NC(=O)Cc1cn(COCCOCCO)c2ccccc12. The molecule has 0 bridgehead atoms. The van der Waals surface area contributed by atoms with Crippen molar-refractivity contribution < 1.29 is 19.4 Å². The molecule has 0 saturated carbocycles. The van der Waals surface area contributed by atoms with Crippen molar-refractivity contribution in [1.82, 2.24) is 4.57 Å². The van der Waals surface area contributed by atoms with Gasteiger partial charge in [0.15, 0.2) is 0 Å². The first kappa shape index (κ1) is 15.5. The number of rotatable bonds is 9. The fourth-order valence-electron chi connectivity index (χ4n) is 2.21. The van der Waals surface area contributed by atoms with Crippen molar-refractivity contribution in [2.45, 2.75) is 13.2 Å². The van der Waals surface area contributed by atoms with Crippen LogP contribution in [-0.4, -0.2) is 42.0 Å². The van der Waals surface area contributed by atoms with E-state index in [2.05, 4.69) is 0 Å². The number of fused-ring (bicyclic) bond motifs is 1. The van der Waals surface area contributed by atoms with Gasteiger partial charge < -0.3 is 24.9 Å². The van der Waals surface area contributed by atoms with Gasteiger partial charge in [0.1, 0.15) is 6.73 Å². The minimum absolute atomic E-state index is 0.0126. The Labute approximate surface area is 123 Å². The molecule has 1 heterocycles. The molecular formula is C15H20N2O4. The van der Waals surface area contributed by atoms with Crippen LogP contribution in [0.1, 0.15) is 5.56 Å². The highest BCUT2D eigenvalue weighted by Crippen LogP contribution is 2.21. The van der Waals surface area contributed by atoms with Crippen LogP contribution in [0.25, 0.3) is 10.9 Å². The third-order valence-electron chi connectivity index (χ3n) is 3.07. The Morgan fingerprint density at radius 1 is 1.19 bits per heavy atom. The van der Waals surface area contributed by atoms with Gasteiger partial charge in [-0.2, -0.15) is 0 Å². The number of carbonyl (C=O) groups excluding carboxylic acids is 1. The number of para-hydroxylation sites is 1. The average molecular weight is 292 g/mol. The smallest absolute Gasteiger partial charge is 0.221 e. The Morgan fingerprint density at radius 3 is 2.71 bits per heavy atom. The van der Waals surface area contributed by atoms with E-state index in [0.717, 1.165) is 16.5 Å². The zero-order valence-electron chi connectivity index (χ0n) is 11.8. The van der Waals surface area contributed by atoms with E-state index in [1.165, 1.54) is 0 Å². The predicted octanol–water partition coefficient (Wildman–Crippen LogP) is 0.652. The lowest BCUT2D eigenvalue weighted by Crippen LogP contribution is -2.13. The summed E-state index contributed by atoms with van der Waals surface area (Å²) in [5, 5.41) is 9.60. The Morgan fingerprint density at radius 2 is 1.95 bits per heavy atom. The first-order valence-corrected chi connectivity index (χ1v) is 6.83. The minimum Gasteiger partial charge on any atom is -0.394 e. The fraction of sp³-hybridized carbons (Fsp3) is 0.400. The Bertz CT molecular complexity index is 594. The molecular weight excluding hydrogens is 272 g/mol. The zero-order chi connectivity index (χ0) is 15.1. The molecule has 1 amide bonds. The lowest BCUT2D eigenvalue weighted by molar-refractivity contribution is -0.117. The number of aromatic nitrogens is 1. The maximum absolute atomic E-state index is 11.1. The van der Waals surface area contributed by atoms with Crippen LogP contribution in [0, 0.1) is 0 Å². The van der Waals surface area contributed by atoms with E-state index in [4.69, 9.17) is 20.3 Å². The maximum Gasteiger partial charge on any atom is 0.221 e. The van der Waals surface area contributed by atoms with Gasteiger partial charge in [-0.25, -0.2) is 0 Å². The number of ether oxygens (including phenoxy) is 2. The molecule has 2 aromatic rings. The molecule has 1 aromatic heterocycles. The lowest BCUT2D eigenvalue weighted by Gasteiger charge is -2.07. The monoisotopic (exact) mass is 292 g/mol. The van der Waals surface area contributed by atoms with Gasteiger partial charge in [-0.3, -0.25) is 4.79 Å². The standard InChI is InChI=1S/C15H20N2O4/c16-15(19)9-12-10-17(11-21-8-7-20-6-5-18)14-4-2-1-3-13(12)14/h1-4,10,18H,5-9,11H2,(H2,16,19). The summed E-state index contributed by atoms with van der Waals surface area (Å²) in [6, 6.07) is 7.82. The molecule has 0 radical (unpaired) electrons. The van der Waals surface area contributed by atoms with E-state index in [0.29, 0.717) is 26.6 Å². The average Bonchev–Trinajstić information content (AvgIpc) is 2.81. The molecule has 0 atom stereocenters. The molecule has 0 saturated heterocycles. The second-order valence-electron chi connectivity index (χ2n) is 4.66. The summed E-state index contributed by atoms with van der Waals surface area (Å²) in [7, 11) is 0. The van der Waals surface area contributed by atoms with Crippen LogP contribution < -0.4 is 5.73 Å². The lowest BCUT2D eigenvalue weighted by atomic mass is 10.1. The zero-order valence-corrected chi connectivity index (χ0v) is 11.8. The number of carbonyl (C=O) groups is 1. The van der Waals surface area contributed by atoms with Gasteiger partial charge in [-0.15, -0.1) is 0 Å². The first-order chi connectivity index (χ1) is 10.2. The fourth-order valence-corrected chi connectivity index (χ4v) is 2.21. The molecule has 114 valence electrons. The Hall–Kier alpha value is -1.89. The molecule has 0 aliphatic carbocycles. The van der Waals surface area contributed by atoms with E-state index in [-0.39, 0.29) is 18.9 Å². The molecule has 3 N–H and O–H groups in total. The van der Waals surface area contributed by atoms with Gasteiger partial charge in [-0.05, 0) is 11.6 Å². The summed E-state index contributed by atoms with van der Waals surface area (Å²) >= 11 is 0. The van der Waals surface area contributed by atoms with Gasteiger partial charge >= 0.3 is 0 Å². The highest BCUT2D eigenvalue weighted by molar-refractivity contribution is 5.88. The van der Waals surface area contributed by atoms with Gasteiger partial charge in [0.2, 0.25) is 5.91 Å². The number of aliphatic hydroxyl groups excluding tert-OH is 1. The van der Waals surface area contributed by atoms with E-state index in [1.54, 1.807) is 0 Å². The van der Waals surface area contributed by atoms with Crippen molar-refractivity contribution in [1.29, 1.82) is 0 Å². The van der Waals surface area contributed by atoms with Crippen LogP contribution in [0.15, 0.2) is 30.5 Å². The van der Waals surface area contributed by atoms with E-state index < -0.39 is 0 Å². The van der Waals surface area contributed by atoms with Crippen LogP contribution in [0.5, 0.6) is 0 Å². The molecule has 1 aromatic carbocycles. The number of nitrogens with two attached hydrogens (primary N) is 1. The van der Waals surface area contributed by atoms with Crippen molar-refractivity contribution in [3.63, 3.8) is 0 Å². The summed E-state index contributed by atoms with van der Waals surface area (Å²) in [5.74, 6) is -0.351. The third kappa shape index (κ3) is 4.29. The highest BCUT2D eigenvalue weighted by Gasteiger charge is 2.09. The van der Waals surface area contributed by atoms with Crippen molar-refractivity contribution in [2.75, 3.05) is 26.4 Å². The second-order valence-corrected chi connectivity index (χ2v) is 4.66. The molecule has 0 aliphatic rings. The summed E-state index contributed by atoms with van der Waals surface area (Å²) in [5.41, 5.74) is 7.18. The summed E-state index contributed by atoms with van der Waals surface area (Å²) in [4.78, 5) is 11.1. The molecule has 21 heavy (non-hydrogen) atoms. The van der Waals surface area contributed by atoms with Crippen LogP contribution in [0.2, 0.25) is 0 Å². The van der Waals surface area contributed by atoms with Crippen LogP contribution in [0.3, 0.4) is 0 Å². The van der Waals surface area contributed by atoms with E-state index in [9.17, 15) is 4.79 Å². The normalized spacial score (nSPS) is 11.1. The molecule has 0 unspecified atom stereocenters. The van der Waals surface area contributed by atoms with Gasteiger partial charge in [0, 0.05) is 11.6 Å². The van der Waals surface area contributed by atoms with Gasteiger partial charge in [0.25, 0.3) is 0 Å². The van der Waals surface area contributed by atoms with Crippen molar-refractivity contribution >= 4 is 16.8 Å². The van der Waals surface area contributed by atoms with Gasteiger partial charge in [-0.1, -0.05) is 18.2 Å². The highest BCUT2D eigenvalue weighted by atomic mass is 16.5. The molecule has 0 spiro atoms. The molecule has 0 aliphatic heterocycles. The number of primary amides is 1. The van der Waals surface area contributed by atoms with Crippen LogP contribution >= 0.6 is 0 Å². The van der Waals surface area contributed by atoms with Crippen LogP contribution in [0.4, 0.5) is 0 Å². The van der Waals surface area contributed by atoms with Gasteiger partial charge in [0.05, 0.1) is 38.4 Å². The Kier molecular flexibility index (Phi) is 5.74. The molecule has 2 rings (SSSR count). The third-order valence-corrected chi connectivity index (χ3v) is 3.07. The summed E-state index contributed by atoms with van der Waals surface area (Å²) < 4.78 is 12.6. The second kappa shape index (κ2) is 7.78. The quantitative estimate of drug-likeness (QED) is 0.664. The molecule has 0 fully saturated rings.